The molecule has 2 heterocycles. The average molecular weight is 286 g/mol. The zero-order valence-corrected chi connectivity index (χ0v) is 12.6. The van der Waals surface area contributed by atoms with Crippen LogP contribution in [0.2, 0.25) is 0 Å². The lowest BCUT2D eigenvalue weighted by molar-refractivity contribution is 0.0718. The van der Waals surface area contributed by atoms with Crippen LogP contribution in [0.15, 0.2) is 24.4 Å². The summed E-state index contributed by atoms with van der Waals surface area (Å²) >= 11 is 0. The van der Waals surface area contributed by atoms with Crippen molar-refractivity contribution in [1.29, 1.82) is 0 Å². The molecule has 0 radical (unpaired) electrons. The summed E-state index contributed by atoms with van der Waals surface area (Å²) in [5.74, 6) is 0.108. The maximum Gasteiger partial charge on any atom is 0.256 e. The van der Waals surface area contributed by atoms with Gasteiger partial charge in [-0.15, -0.1) is 0 Å². The van der Waals surface area contributed by atoms with Crippen molar-refractivity contribution in [3.63, 3.8) is 0 Å². The Morgan fingerprint density at radius 3 is 3.05 bits per heavy atom. The van der Waals surface area contributed by atoms with Gasteiger partial charge in [-0.25, -0.2) is 0 Å². The summed E-state index contributed by atoms with van der Waals surface area (Å²) < 4.78 is 0. The van der Waals surface area contributed by atoms with Crippen LogP contribution in [0.3, 0.4) is 0 Å². The highest BCUT2D eigenvalue weighted by molar-refractivity contribution is 6.07. The lowest BCUT2D eigenvalue weighted by Crippen LogP contribution is -2.41. The number of aromatic amines is 1. The highest BCUT2D eigenvalue weighted by Crippen LogP contribution is 2.26. The Hall–Kier alpha value is -2.01. The van der Waals surface area contributed by atoms with Gasteiger partial charge in [-0.2, -0.15) is 0 Å². The van der Waals surface area contributed by atoms with Crippen LogP contribution < -0.4 is 5.73 Å². The molecule has 1 aromatic heterocycles. The van der Waals surface area contributed by atoms with Crippen LogP contribution in [0.25, 0.3) is 10.9 Å². The summed E-state index contributed by atoms with van der Waals surface area (Å²) in [6.45, 7) is 1.75. The summed E-state index contributed by atoms with van der Waals surface area (Å²) in [5, 5.41) is 0.913. The lowest BCUT2D eigenvalue weighted by Gasteiger charge is -2.27. The predicted octanol–water partition coefficient (Wildman–Crippen LogP) is 1.92. The number of likely N-dealkylation sites (tertiary alicyclic amines) is 1. The second-order valence-corrected chi connectivity index (χ2v) is 6.06. The van der Waals surface area contributed by atoms with E-state index in [2.05, 4.69) is 9.88 Å². The van der Waals surface area contributed by atoms with E-state index >= 15 is 0 Å². The molecule has 1 fully saturated rings. The Labute approximate surface area is 124 Å². The number of carbonyl (C=O) groups excluding carboxylic acids is 1. The van der Waals surface area contributed by atoms with Crippen molar-refractivity contribution in [2.75, 3.05) is 32.9 Å². The van der Waals surface area contributed by atoms with Crippen molar-refractivity contribution in [1.82, 2.24) is 14.8 Å². The third-order valence-electron chi connectivity index (χ3n) is 4.15. The van der Waals surface area contributed by atoms with E-state index in [1.165, 1.54) is 0 Å². The molecule has 3 N–H and O–H groups in total. The van der Waals surface area contributed by atoms with Gasteiger partial charge in [0.25, 0.3) is 5.91 Å². The first-order chi connectivity index (χ1) is 10.1. The normalized spacial score (nSPS) is 18.8. The quantitative estimate of drug-likeness (QED) is 0.847. The number of nitrogen functional groups attached to an aromatic ring is 1. The highest BCUT2D eigenvalue weighted by atomic mass is 16.2. The molecule has 5 heteroatoms. The molecule has 112 valence electrons. The lowest BCUT2D eigenvalue weighted by atomic mass is 10.1. The first kappa shape index (κ1) is 13.9. The standard InChI is InChI=1S/C16H22N4O/c1-19(2)10-12-4-3-7-20(12)16(21)14-9-18-15-6-5-11(17)8-13(14)15/h5-6,8-9,12,18H,3-4,7,10,17H2,1-2H3. The fourth-order valence-electron chi connectivity index (χ4n) is 3.18. The number of hydrogen-bond donors (Lipinski definition) is 2. The number of amides is 1. The summed E-state index contributed by atoms with van der Waals surface area (Å²) in [4.78, 5) is 20.2. The second-order valence-electron chi connectivity index (χ2n) is 6.06. The molecule has 21 heavy (non-hydrogen) atoms. The van der Waals surface area contributed by atoms with Crippen molar-refractivity contribution < 1.29 is 4.79 Å². The summed E-state index contributed by atoms with van der Waals surface area (Å²) in [7, 11) is 4.10. The van der Waals surface area contributed by atoms with E-state index in [4.69, 9.17) is 5.73 Å². The van der Waals surface area contributed by atoms with Crippen LogP contribution in [-0.4, -0.2) is 53.9 Å². The number of likely N-dealkylation sites (N-methyl/N-ethyl adjacent to an activating group) is 1. The number of hydrogen-bond acceptors (Lipinski definition) is 3. The van der Waals surface area contributed by atoms with Gasteiger partial charge in [-0.3, -0.25) is 4.79 Å². The molecule has 3 rings (SSSR count). The molecule has 0 saturated carbocycles. The molecule has 1 saturated heterocycles. The number of nitrogens with one attached hydrogen (secondary N) is 1. The third kappa shape index (κ3) is 2.61. The highest BCUT2D eigenvalue weighted by Gasteiger charge is 2.30. The van der Waals surface area contributed by atoms with E-state index in [1.54, 1.807) is 6.20 Å². The zero-order valence-electron chi connectivity index (χ0n) is 12.6. The number of benzene rings is 1. The molecular formula is C16H22N4O. The van der Waals surface area contributed by atoms with Gasteiger partial charge < -0.3 is 20.5 Å². The topological polar surface area (TPSA) is 65.4 Å². The fraction of sp³-hybridized carbons (Fsp3) is 0.438. The Morgan fingerprint density at radius 2 is 2.29 bits per heavy atom. The Balaban J connectivity index is 1.91. The largest absolute Gasteiger partial charge is 0.399 e. The minimum atomic E-state index is 0.108. The van der Waals surface area contributed by atoms with Crippen LogP contribution in [0.4, 0.5) is 5.69 Å². The minimum absolute atomic E-state index is 0.108. The molecule has 1 aliphatic rings. The molecule has 2 aromatic rings. The van der Waals surface area contributed by atoms with Crippen molar-refractivity contribution in [2.45, 2.75) is 18.9 Å². The number of nitrogens with zero attached hydrogens (tertiary/aromatic N) is 2. The molecule has 1 amide bonds. The first-order valence-corrected chi connectivity index (χ1v) is 7.38. The van der Waals surface area contributed by atoms with Crippen molar-refractivity contribution in [3.8, 4) is 0 Å². The van der Waals surface area contributed by atoms with Gasteiger partial charge in [-0.05, 0) is 45.1 Å². The Morgan fingerprint density at radius 1 is 1.48 bits per heavy atom. The smallest absolute Gasteiger partial charge is 0.256 e. The fourth-order valence-corrected chi connectivity index (χ4v) is 3.18. The SMILES string of the molecule is CN(C)CC1CCCN1C(=O)c1c[nH]c2ccc(N)cc12. The van der Waals surface area contributed by atoms with E-state index in [-0.39, 0.29) is 5.91 Å². The van der Waals surface area contributed by atoms with E-state index in [0.717, 1.165) is 42.4 Å². The van der Waals surface area contributed by atoms with Gasteiger partial charge in [0.15, 0.2) is 0 Å². The third-order valence-corrected chi connectivity index (χ3v) is 4.15. The Kier molecular flexibility index (Phi) is 3.59. The monoisotopic (exact) mass is 286 g/mol. The molecular weight excluding hydrogens is 264 g/mol. The van der Waals surface area contributed by atoms with Gasteiger partial charge in [0.05, 0.1) is 5.56 Å². The summed E-state index contributed by atoms with van der Waals surface area (Å²) in [6, 6.07) is 5.94. The number of H-pyrrole nitrogens is 1. The van der Waals surface area contributed by atoms with Gasteiger partial charge >= 0.3 is 0 Å². The average Bonchev–Trinajstić information content (AvgIpc) is 3.03. The van der Waals surface area contributed by atoms with Crippen LogP contribution >= 0.6 is 0 Å². The van der Waals surface area contributed by atoms with Crippen molar-refractivity contribution in [2.24, 2.45) is 0 Å². The summed E-state index contributed by atoms with van der Waals surface area (Å²) in [5.41, 5.74) is 8.22. The number of rotatable bonds is 3. The Bertz CT molecular complexity index is 661. The van der Waals surface area contributed by atoms with Gasteiger partial charge in [0, 0.05) is 41.9 Å². The molecule has 0 bridgehead atoms. The minimum Gasteiger partial charge on any atom is -0.399 e. The van der Waals surface area contributed by atoms with Gasteiger partial charge in [0.1, 0.15) is 0 Å². The van der Waals surface area contributed by atoms with E-state index in [1.807, 2.05) is 37.2 Å². The molecule has 0 aliphatic carbocycles. The molecule has 1 aliphatic heterocycles. The number of carbonyl (C=O) groups is 1. The zero-order chi connectivity index (χ0) is 15.0. The van der Waals surface area contributed by atoms with Crippen LogP contribution in [0.1, 0.15) is 23.2 Å². The van der Waals surface area contributed by atoms with Crippen LogP contribution in [-0.2, 0) is 0 Å². The maximum atomic E-state index is 12.9. The van der Waals surface area contributed by atoms with Crippen LogP contribution in [0.5, 0.6) is 0 Å². The number of fused-ring (bicyclic) bond motifs is 1. The number of nitrogens with two attached hydrogens (primary N) is 1. The van der Waals surface area contributed by atoms with Crippen molar-refractivity contribution in [3.05, 3.63) is 30.0 Å². The number of aromatic nitrogens is 1. The maximum absolute atomic E-state index is 12.9. The molecule has 0 spiro atoms. The predicted molar refractivity (Wildman–Crippen MR) is 85.3 cm³/mol. The summed E-state index contributed by atoms with van der Waals surface area (Å²) in [6.07, 6.45) is 3.96. The molecule has 1 unspecified atom stereocenters. The van der Waals surface area contributed by atoms with Gasteiger partial charge in [-0.1, -0.05) is 0 Å². The van der Waals surface area contributed by atoms with Crippen molar-refractivity contribution >= 4 is 22.5 Å². The van der Waals surface area contributed by atoms with E-state index < -0.39 is 0 Å². The first-order valence-electron chi connectivity index (χ1n) is 7.38. The van der Waals surface area contributed by atoms with Gasteiger partial charge in [0.2, 0.25) is 0 Å². The second kappa shape index (κ2) is 5.41. The molecule has 1 aromatic carbocycles. The molecule has 1 atom stereocenters. The molecule has 5 nitrogen and oxygen atoms in total. The van der Waals surface area contributed by atoms with E-state index in [0.29, 0.717) is 11.7 Å². The number of anilines is 1. The van der Waals surface area contributed by atoms with E-state index in [9.17, 15) is 4.79 Å². The van der Waals surface area contributed by atoms with Crippen LogP contribution in [0, 0.1) is 0 Å².